The van der Waals surface area contributed by atoms with E-state index in [0.29, 0.717) is 30.6 Å². The van der Waals surface area contributed by atoms with Crippen molar-refractivity contribution >= 4 is 17.4 Å². The number of fused-ring (bicyclic) bond motifs is 1. The van der Waals surface area contributed by atoms with Crippen LogP contribution < -0.4 is 10.1 Å². The third kappa shape index (κ3) is 3.24. The van der Waals surface area contributed by atoms with Crippen molar-refractivity contribution in [2.24, 2.45) is 0 Å². The Morgan fingerprint density at radius 2 is 2.28 bits per heavy atom. The van der Waals surface area contributed by atoms with Gasteiger partial charge in [0.1, 0.15) is 5.75 Å². The molecule has 0 unspecified atom stereocenters. The van der Waals surface area contributed by atoms with E-state index >= 15 is 0 Å². The van der Waals surface area contributed by atoms with Crippen molar-refractivity contribution in [2.45, 2.75) is 32.7 Å². The summed E-state index contributed by atoms with van der Waals surface area (Å²) in [5.41, 5.74) is 2.02. The molecular weight excluding hydrogens is 250 g/mol. The molecule has 1 N–H and O–H groups in total. The van der Waals surface area contributed by atoms with Crippen LogP contribution in [0.5, 0.6) is 5.75 Å². The number of nitrogens with one attached hydrogen (secondary N) is 1. The van der Waals surface area contributed by atoms with E-state index in [9.17, 15) is 4.79 Å². The third-order valence-corrected chi connectivity index (χ3v) is 3.14. The lowest BCUT2D eigenvalue weighted by atomic mass is 10.0. The number of hydrogen-bond acceptors (Lipinski definition) is 3. The van der Waals surface area contributed by atoms with Gasteiger partial charge in [-0.25, -0.2) is 0 Å². The highest BCUT2D eigenvalue weighted by molar-refractivity contribution is 6.30. The average Bonchev–Trinajstić information content (AvgIpc) is 2.74. The number of rotatable bonds is 5. The van der Waals surface area contributed by atoms with Gasteiger partial charge in [0, 0.05) is 29.5 Å². The molecule has 0 bridgehead atoms. The number of carbonyl (C=O) groups is 1. The first-order valence-electron chi connectivity index (χ1n) is 6.25. The fourth-order valence-corrected chi connectivity index (χ4v) is 2.33. The van der Waals surface area contributed by atoms with Crippen molar-refractivity contribution in [1.29, 1.82) is 0 Å². The van der Waals surface area contributed by atoms with Crippen LogP contribution in [-0.2, 0) is 17.6 Å². The van der Waals surface area contributed by atoms with Crippen molar-refractivity contribution in [1.82, 2.24) is 5.32 Å². The first kappa shape index (κ1) is 13.4. The van der Waals surface area contributed by atoms with Crippen molar-refractivity contribution in [2.75, 3.05) is 13.2 Å². The van der Waals surface area contributed by atoms with Crippen molar-refractivity contribution in [3.05, 3.63) is 28.3 Å². The molecule has 4 heteroatoms. The Balaban J connectivity index is 2.07. The number of Topliss-reactive ketones (excluding diaryl/α,β-unsaturated/α-hetero) is 1. The van der Waals surface area contributed by atoms with Gasteiger partial charge < -0.3 is 10.1 Å². The standard InChI is InChI=1S/C14H18ClNO2/c1-9(2)16-8-13(17)7-11-6-12(15)5-10-3-4-18-14(10)11/h5-6,9,16H,3-4,7-8H2,1-2H3. The highest BCUT2D eigenvalue weighted by atomic mass is 35.5. The molecule has 1 aromatic rings. The summed E-state index contributed by atoms with van der Waals surface area (Å²) in [6, 6.07) is 4.07. The molecule has 0 aliphatic carbocycles. The lowest BCUT2D eigenvalue weighted by molar-refractivity contribution is -0.117. The molecule has 0 amide bonds. The maximum Gasteiger partial charge on any atom is 0.151 e. The molecule has 1 aliphatic heterocycles. The minimum absolute atomic E-state index is 0.156. The molecule has 0 aromatic heterocycles. The second-order valence-electron chi connectivity index (χ2n) is 4.90. The molecule has 3 nitrogen and oxygen atoms in total. The van der Waals surface area contributed by atoms with Gasteiger partial charge >= 0.3 is 0 Å². The Labute approximate surface area is 112 Å². The minimum Gasteiger partial charge on any atom is -0.493 e. The fourth-order valence-electron chi connectivity index (χ4n) is 2.07. The van der Waals surface area contributed by atoms with Gasteiger partial charge in [-0.15, -0.1) is 0 Å². The van der Waals surface area contributed by atoms with Gasteiger partial charge in [-0.05, 0) is 17.7 Å². The highest BCUT2D eigenvalue weighted by Gasteiger charge is 2.19. The second-order valence-corrected chi connectivity index (χ2v) is 5.34. The smallest absolute Gasteiger partial charge is 0.151 e. The first-order valence-corrected chi connectivity index (χ1v) is 6.63. The van der Waals surface area contributed by atoms with Crippen LogP contribution in [0.2, 0.25) is 5.02 Å². The molecular formula is C14H18ClNO2. The maximum absolute atomic E-state index is 11.9. The quantitative estimate of drug-likeness (QED) is 0.890. The number of ketones is 1. The normalized spacial score (nSPS) is 13.6. The molecule has 2 rings (SSSR count). The Morgan fingerprint density at radius 3 is 3.00 bits per heavy atom. The van der Waals surface area contributed by atoms with Crippen LogP contribution in [0.25, 0.3) is 0 Å². The van der Waals surface area contributed by atoms with E-state index in [1.165, 1.54) is 0 Å². The Kier molecular flexibility index (Phi) is 4.25. The van der Waals surface area contributed by atoms with E-state index in [1.807, 2.05) is 26.0 Å². The van der Waals surface area contributed by atoms with Crippen molar-refractivity contribution in [3.8, 4) is 5.75 Å². The van der Waals surface area contributed by atoms with Crippen LogP contribution in [0.4, 0.5) is 0 Å². The van der Waals surface area contributed by atoms with E-state index in [0.717, 1.165) is 23.3 Å². The SMILES string of the molecule is CC(C)NCC(=O)Cc1cc(Cl)cc2c1OCC2. The van der Waals surface area contributed by atoms with E-state index in [4.69, 9.17) is 16.3 Å². The number of benzene rings is 1. The molecule has 1 aliphatic rings. The summed E-state index contributed by atoms with van der Waals surface area (Å²) in [4.78, 5) is 11.9. The maximum atomic E-state index is 11.9. The van der Waals surface area contributed by atoms with Gasteiger partial charge in [0.2, 0.25) is 0 Å². The Morgan fingerprint density at radius 1 is 1.50 bits per heavy atom. The van der Waals surface area contributed by atoms with E-state index < -0.39 is 0 Å². The highest BCUT2D eigenvalue weighted by Crippen LogP contribution is 2.33. The van der Waals surface area contributed by atoms with Gasteiger partial charge in [0.15, 0.2) is 5.78 Å². The molecule has 0 fully saturated rings. The van der Waals surface area contributed by atoms with E-state index in [1.54, 1.807) is 0 Å². The average molecular weight is 268 g/mol. The lowest BCUT2D eigenvalue weighted by Crippen LogP contribution is -2.30. The first-order chi connectivity index (χ1) is 8.56. The predicted molar refractivity (Wildman–Crippen MR) is 72.5 cm³/mol. The predicted octanol–water partition coefficient (Wildman–Crippen LogP) is 2.38. The number of halogens is 1. The van der Waals surface area contributed by atoms with Crippen LogP contribution in [0, 0.1) is 0 Å². The topological polar surface area (TPSA) is 38.3 Å². The zero-order valence-corrected chi connectivity index (χ0v) is 11.5. The van der Waals surface area contributed by atoms with Gasteiger partial charge in [-0.2, -0.15) is 0 Å². The minimum atomic E-state index is 0.156. The molecule has 1 heterocycles. The van der Waals surface area contributed by atoms with Crippen LogP contribution in [0.15, 0.2) is 12.1 Å². The van der Waals surface area contributed by atoms with Gasteiger partial charge in [0.05, 0.1) is 13.2 Å². The van der Waals surface area contributed by atoms with Crippen LogP contribution in [0.3, 0.4) is 0 Å². The monoisotopic (exact) mass is 267 g/mol. The van der Waals surface area contributed by atoms with Gasteiger partial charge in [0.25, 0.3) is 0 Å². The largest absolute Gasteiger partial charge is 0.493 e. The molecule has 0 radical (unpaired) electrons. The summed E-state index contributed by atoms with van der Waals surface area (Å²) in [7, 11) is 0. The molecule has 0 saturated carbocycles. The number of carbonyl (C=O) groups excluding carboxylic acids is 1. The number of hydrogen-bond donors (Lipinski definition) is 1. The molecule has 0 saturated heterocycles. The molecule has 0 spiro atoms. The zero-order valence-electron chi connectivity index (χ0n) is 10.8. The van der Waals surface area contributed by atoms with Crippen LogP contribution in [-0.4, -0.2) is 25.0 Å². The fraction of sp³-hybridized carbons (Fsp3) is 0.500. The van der Waals surface area contributed by atoms with Crippen LogP contribution >= 0.6 is 11.6 Å². The van der Waals surface area contributed by atoms with Crippen molar-refractivity contribution in [3.63, 3.8) is 0 Å². The second kappa shape index (κ2) is 5.72. The molecule has 1 aromatic carbocycles. The summed E-state index contributed by atoms with van der Waals surface area (Å²) < 4.78 is 5.58. The van der Waals surface area contributed by atoms with Gasteiger partial charge in [-0.1, -0.05) is 25.4 Å². The summed E-state index contributed by atoms with van der Waals surface area (Å²) >= 11 is 6.06. The third-order valence-electron chi connectivity index (χ3n) is 2.92. The molecule has 0 atom stereocenters. The number of ether oxygens (including phenoxy) is 1. The zero-order chi connectivity index (χ0) is 13.1. The summed E-state index contributed by atoms with van der Waals surface area (Å²) in [6.45, 7) is 5.11. The van der Waals surface area contributed by atoms with E-state index in [-0.39, 0.29) is 5.78 Å². The lowest BCUT2D eigenvalue weighted by Gasteiger charge is -2.10. The summed E-state index contributed by atoms with van der Waals surface area (Å²) in [5.74, 6) is 1.01. The van der Waals surface area contributed by atoms with Crippen molar-refractivity contribution < 1.29 is 9.53 Å². The molecule has 98 valence electrons. The summed E-state index contributed by atoms with van der Waals surface area (Å²) in [6.07, 6.45) is 1.25. The Hall–Kier alpha value is -1.06. The van der Waals surface area contributed by atoms with E-state index in [2.05, 4.69) is 5.32 Å². The van der Waals surface area contributed by atoms with Gasteiger partial charge in [-0.3, -0.25) is 4.79 Å². The Bertz CT molecular complexity index is 457. The van der Waals surface area contributed by atoms with Crippen LogP contribution in [0.1, 0.15) is 25.0 Å². The summed E-state index contributed by atoms with van der Waals surface area (Å²) in [5, 5.41) is 3.80. The molecule has 18 heavy (non-hydrogen) atoms.